The molecule has 0 spiro atoms. The minimum atomic E-state index is -0.366. The van der Waals surface area contributed by atoms with Gasteiger partial charge in [0.1, 0.15) is 11.3 Å². The first kappa shape index (κ1) is 13.2. The van der Waals surface area contributed by atoms with Crippen LogP contribution in [0.3, 0.4) is 0 Å². The normalized spacial score (nSPS) is 16.1. The number of hydrogen-bond acceptors (Lipinski definition) is 4. The van der Waals surface area contributed by atoms with E-state index in [2.05, 4.69) is 5.32 Å². The Kier molecular flexibility index (Phi) is 3.49. The van der Waals surface area contributed by atoms with Gasteiger partial charge in [-0.25, -0.2) is 4.79 Å². The number of hydrogen-bond donors (Lipinski definition) is 2. The lowest BCUT2D eigenvalue weighted by Crippen LogP contribution is -2.25. The predicted molar refractivity (Wildman–Crippen MR) is 78.0 cm³/mol. The van der Waals surface area contributed by atoms with E-state index in [1.165, 1.54) is 25.7 Å². The van der Waals surface area contributed by atoms with E-state index in [0.29, 0.717) is 23.7 Å². The van der Waals surface area contributed by atoms with E-state index in [9.17, 15) is 9.90 Å². The summed E-state index contributed by atoms with van der Waals surface area (Å²) in [6.45, 7) is 2.42. The maximum atomic E-state index is 11.7. The average molecular weight is 273 g/mol. The maximum absolute atomic E-state index is 11.7. The van der Waals surface area contributed by atoms with E-state index in [4.69, 9.17) is 4.42 Å². The Hall–Kier alpha value is -1.81. The van der Waals surface area contributed by atoms with Crippen molar-refractivity contribution in [3.8, 4) is 5.75 Å². The summed E-state index contributed by atoms with van der Waals surface area (Å²) >= 11 is 0. The molecule has 1 heterocycles. The van der Waals surface area contributed by atoms with E-state index >= 15 is 0 Å². The van der Waals surface area contributed by atoms with Crippen molar-refractivity contribution in [2.75, 3.05) is 0 Å². The zero-order valence-corrected chi connectivity index (χ0v) is 11.6. The van der Waals surface area contributed by atoms with Crippen molar-refractivity contribution in [2.45, 2.75) is 45.2 Å². The molecular weight excluding hydrogens is 254 g/mol. The molecule has 2 N–H and O–H groups in total. The molecule has 1 aliphatic rings. The molecule has 0 bridgehead atoms. The number of aromatic hydroxyl groups is 1. The van der Waals surface area contributed by atoms with Gasteiger partial charge in [0.15, 0.2) is 0 Å². The van der Waals surface area contributed by atoms with Crippen LogP contribution in [0.2, 0.25) is 0 Å². The Morgan fingerprint density at radius 2 is 2.10 bits per heavy atom. The van der Waals surface area contributed by atoms with Gasteiger partial charge < -0.3 is 14.8 Å². The molecule has 0 unspecified atom stereocenters. The van der Waals surface area contributed by atoms with Gasteiger partial charge in [-0.15, -0.1) is 0 Å². The van der Waals surface area contributed by atoms with Gasteiger partial charge >= 0.3 is 5.63 Å². The summed E-state index contributed by atoms with van der Waals surface area (Å²) in [5.41, 5.74) is 1.67. The van der Waals surface area contributed by atoms with Gasteiger partial charge in [-0.05, 0) is 37.5 Å². The van der Waals surface area contributed by atoms with Crippen LogP contribution in [0.15, 0.2) is 27.4 Å². The number of nitrogens with one attached hydrogen (secondary N) is 1. The Morgan fingerprint density at radius 3 is 2.85 bits per heavy atom. The van der Waals surface area contributed by atoms with Crippen molar-refractivity contribution in [3.63, 3.8) is 0 Å². The molecule has 20 heavy (non-hydrogen) atoms. The van der Waals surface area contributed by atoms with Crippen molar-refractivity contribution in [1.29, 1.82) is 0 Å². The van der Waals surface area contributed by atoms with Gasteiger partial charge in [0.05, 0.1) is 0 Å². The fourth-order valence-corrected chi connectivity index (χ4v) is 2.95. The van der Waals surface area contributed by atoms with Crippen LogP contribution in [0.1, 0.15) is 36.8 Å². The molecule has 1 fully saturated rings. The van der Waals surface area contributed by atoms with Crippen molar-refractivity contribution < 1.29 is 9.52 Å². The Bertz CT molecular complexity index is 684. The molecule has 0 aliphatic heterocycles. The lowest BCUT2D eigenvalue weighted by molar-refractivity contribution is 0.468. The lowest BCUT2D eigenvalue weighted by Gasteiger charge is -2.13. The zero-order chi connectivity index (χ0) is 14.1. The SMILES string of the molecule is Cc1c(O)ccc2c(CNC3CCCC3)cc(=O)oc12. The average Bonchev–Trinajstić information content (AvgIpc) is 2.94. The van der Waals surface area contributed by atoms with Crippen LogP contribution in [0.4, 0.5) is 0 Å². The minimum absolute atomic E-state index is 0.154. The van der Waals surface area contributed by atoms with E-state index in [-0.39, 0.29) is 11.4 Å². The minimum Gasteiger partial charge on any atom is -0.508 e. The molecule has 1 aromatic carbocycles. The summed E-state index contributed by atoms with van der Waals surface area (Å²) in [5, 5.41) is 14.1. The van der Waals surface area contributed by atoms with Gasteiger partial charge in [0.2, 0.25) is 0 Å². The molecule has 4 nitrogen and oxygen atoms in total. The molecule has 106 valence electrons. The van der Waals surface area contributed by atoms with E-state index in [1.54, 1.807) is 19.1 Å². The highest BCUT2D eigenvalue weighted by molar-refractivity contribution is 5.84. The highest BCUT2D eigenvalue weighted by Crippen LogP contribution is 2.27. The zero-order valence-electron chi connectivity index (χ0n) is 11.6. The summed E-state index contributed by atoms with van der Waals surface area (Å²) in [7, 11) is 0. The topological polar surface area (TPSA) is 62.5 Å². The van der Waals surface area contributed by atoms with Crippen LogP contribution in [-0.2, 0) is 6.54 Å². The van der Waals surface area contributed by atoms with Gasteiger partial charge in [-0.1, -0.05) is 12.8 Å². The number of phenols is 1. The second-order valence-corrected chi connectivity index (χ2v) is 5.54. The third-order valence-electron chi connectivity index (χ3n) is 4.15. The lowest BCUT2D eigenvalue weighted by atomic mass is 10.1. The van der Waals surface area contributed by atoms with Crippen LogP contribution in [-0.4, -0.2) is 11.1 Å². The summed E-state index contributed by atoms with van der Waals surface area (Å²) < 4.78 is 5.24. The van der Waals surface area contributed by atoms with Gasteiger partial charge in [-0.3, -0.25) is 0 Å². The second-order valence-electron chi connectivity index (χ2n) is 5.54. The predicted octanol–water partition coefficient (Wildman–Crippen LogP) is 2.84. The standard InChI is InChI=1S/C16H19NO3/c1-10-14(18)7-6-13-11(8-15(19)20-16(10)13)9-17-12-4-2-3-5-12/h6-8,12,17-18H,2-5,9H2,1H3. The first-order chi connectivity index (χ1) is 9.65. The number of rotatable bonds is 3. The van der Waals surface area contributed by atoms with Crippen LogP contribution >= 0.6 is 0 Å². The van der Waals surface area contributed by atoms with E-state index in [1.807, 2.05) is 6.07 Å². The summed E-state index contributed by atoms with van der Waals surface area (Å²) in [5.74, 6) is 0.154. The number of aryl methyl sites for hydroxylation is 1. The number of benzene rings is 1. The molecule has 0 amide bonds. The Morgan fingerprint density at radius 1 is 1.35 bits per heavy atom. The quantitative estimate of drug-likeness (QED) is 0.844. The first-order valence-corrected chi connectivity index (χ1v) is 7.14. The molecule has 2 aromatic rings. The third kappa shape index (κ3) is 2.43. The molecule has 0 radical (unpaired) electrons. The molecule has 0 saturated heterocycles. The van der Waals surface area contributed by atoms with E-state index < -0.39 is 0 Å². The Labute approximate surface area is 117 Å². The fraction of sp³-hybridized carbons (Fsp3) is 0.438. The maximum Gasteiger partial charge on any atom is 0.336 e. The van der Waals surface area contributed by atoms with Gasteiger partial charge in [0, 0.05) is 29.6 Å². The molecule has 4 heteroatoms. The van der Waals surface area contributed by atoms with Crippen molar-refractivity contribution in [3.05, 3.63) is 39.7 Å². The summed E-state index contributed by atoms with van der Waals surface area (Å²) in [6.07, 6.45) is 4.98. The van der Waals surface area contributed by atoms with Crippen molar-refractivity contribution in [1.82, 2.24) is 5.32 Å². The van der Waals surface area contributed by atoms with Crippen LogP contribution in [0, 0.1) is 6.92 Å². The third-order valence-corrected chi connectivity index (χ3v) is 4.15. The first-order valence-electron chi connectivity index (χ1n) is 7.14. The highest BCUT2D eigenvalue weighted by Gasteiger charge is 2.15. The van der Waals surface area contributed by atoms with Crippen molar-refractivity contribution in [2.24, 2.45) is 0 Å². The van der Waals surface area contributed by atoms with E-state index in [0.717, 1.165) is 10.9 Å². The monoisotopic (exact) mass is 273 g/mol. The van der Waals surface area contributed by atoms with Gasteiger partial charge in [-0.2, -0.15) is 0 Å². The molecule has 1 aromatic heterocycles. The number of phenolic OH excluding ortho intramolecular Hbond substituents is 1. The summed E-state index contributed by atoms with van der Waals surface area (Å²) in [4.78, 5) is 11.7. The van der Waals surface area contributed by atoms with Crippen LogP contribution in [0.25, 0.3) is 11.0 Å². The molecule has 1 aliphatic carbocycles. The molecule has 1 saturated carbocycles. The largest absolute Gasteiger partial charge is 0.508 e. The van der Waals surface area contributed by atoms with Crippen molar-refractivity contribution >= 4 is 11.0 Å². The smallest absolute Gasteiger partial charge is 0.336 e. The second kappa shape index (κ2) is 5.29. The van der Waals surface area contributed by atoms with Crippen LogP contribution < -0.4 is 10.9 Å². The molecule has 0 atom stereocenters. The number of fused-ring (bicyclic) bond motifs is 1. The molecular formula is C16H19NO3. The van der Waals surface area contributed by atoms with Gasteiger partial charge in [0.25, 0.3) is 0 Å². The van der Waals surface area contributed by atoms with Crippen LogP contribution in [0.5, 0.6) is 5.75 Å². The highest BCUT2D eigenvalue weighted by atomic mass is 16.4. The Balaban J connectivity index is 1.97. The molecule has 3 rings (SSSR count). The summed E-state index contributed by atoms with van der Waals surface area (Å²) in [6, 6.07) is 5.56. The fourth-order valence-electron chi connectivity index (χ4n) is 2.95.